The number of hydrogen-bond acceptors (Lipinski definition) is 4. The van der Waals surface area contributed by atoms with E-state index in [1.165, 1.54) is 6.92 Å². The minimum Gasteiger partial charge on any atom is -0.481 e. The van der Waals surface area contributed by atoms with Crippen molar-refractivity contribution in [2.45, 2.75) is 38.8 Å². The third-order valence-electron chi connectivity index (χ3n) is 2.17. The second kappa shape index (κ2) is 5.72. The maximum atomic E-state index is 11.3. The van der Waals surface area contributed by atoms with Crippen molar-refractivity contribution in [3.8, 4) is 0 Å². The summed E-state index contributed by atoms with van der Waals surface area (Å²) in [6.45, 7) is 3.10. The number of rotatable bonds is 6. The summed E-state index contributed by atoms with van der Waals surface area (Å²) in [6, 6.07) is -0.629. The van der Waals surface area contributed by atoms with Gasteiger partial charge in [0.25, 0.3) is 0 Å². The number of aliphatic carboxylic acids is 1. The first-order chi connectivity index (χ1) is 6.40. The van der Waals surface area contributed by atoms with E-state index >= 15 is 0 Å². The molecule has 0 saturated carbocycles. The molecule has 0 fully saturated rings. The highest BCUT2D eigenvalue weighted by Gasteiger charge is 2.27. The monoisotopic (exact) mass is 203 g/mol. The zero-order valence-corrected chi connectivity index (χ0v) is 8.43. The fourth-order valence-corrected chi connectivity index (χ4v) is 1.06. The van der Waals surface area contributed by atoms with Crippen molar-refractivity contribution in [3.05, 3.63) is 0 Å². The van der Waals surface area contributed by atoms with Gasteiger partial charge in [0.2, 0.25) is 0 Å². The lowest BCUT2D eigenvalue weighted by molar-refractivity contribution is -0.147. The SMILES string of the molecule is CCC(N)C(=O)CC(C(=O)O)C(C)O. The molecular formula is C9H17NO4. The van der Waals surface area contributed by atoms with Crippen LogP contribution in [0.4, 0.5) is 0 Å². The standard InChI is InChI=1S/C9H17NO4/c1-3-7(10)8(12)4-6(5(2)11)9(13)14/h5-7,11H,3-4,10H2,1-2H3,(H,13,14). The van der Waals surface area contributed by atoms with Crippen LogP contribution in [0, 0.1) is 5.92 Å². The van der Waals surface area contributed by atoms with E-state index in [2.05, 4.69) is 0 Å². The van der Waals surface area contributed by atoms with Crippen LogP contribution in [0.3, 0.4) is 0 Å². The Morgan fingerprint density at radius 1 is 1.43 bits per heavy atom. The van der Waals surface area contributed by atoms with E-state index < -0.39 is 24.0 Å². The zero-order valence-electron chi connectivity index (χ0n) is 8.43. The number of nitrogens with two attached hydrogens (primary N) is 1. The van der Waals surface area contributed by atoms with E-state index in [9.17, 15) is 9.59 Å². The predicted molar refractivity (Wildman–Crippen MR) is 50.7 cm³/mol. The van der Waals surface area contributed by atoms with Crippen LogP contribution in [0.15, 0.2) is 0 Å². The van der Waals surface area contributed by atoms with Gasteiger partial charge < -0.3 is 15.9 Å². The largest absolute Gasteiger partial charge is 0.481 e. The Hall–Kier alpha value is -0.940. The van der Waals surface area contributed by atoms with Gasteiger partial charge in [-0.05, 0) is 13.3 Å². The van der Waals surface area contributed by atoms with Gasteiger partial charge in [-0.1, -0.05) is 6.92 Å². The fraction of sp³-hybridized carbons (Fsp3) is 0.778. The molecule has 3 atom stereocenters. The number of carboxylic acids is 1. The van der Waals surface area contributed by atoms with Gasteiger partial charge in [0.1, 0.15) is 5.78 Å². The maximum Gasteiger partial charge on any atom is 0.309 e. The second-order valence-electron chi connectivity index (χ2n) is 3.37. The molecule has 0 aliphatic rings. The van der Waals surface area contributed by atoms with Crippen LogP contribution in [0.2, 0.25) is 0 Å². The number of carboxylic acid groups (broad SMARTS) is 1. The summed E-state index contributed by atoms with van der Waals surface area (Å²) >= 11 is 0. The summed E-state index contributed by atoms with van der Waals surface area (Å²) in [5.74, 6) is -2.54. The minimum absolute atomic E-state index is 0.206. The number of hydrogen-bond donors (Lipinski definition) is 3. The van der Waals surface area contributed by atoms with E-state index in [1.807, 2.05) is 0 Å². The van der Waals surface area contributed by atoms with Crippen LogP contribution >= 0.6 is 0 Å². The van der Waals surface area contributed by atoms with Crippen LogP contribution in [0.25, 0.3) is 0 Å². The van der Waals surface area contributed by atoms with Gasteiger partial charge in [0.05, 0.1) is 18.1 Å². The van der Waals surface area contributed by atoms with Crippen LogP contribution in [-0.4, -0.2) is 34.1 Å². The summed E-state index contributed by atoms with van der Waals surface area (Å²) in [6.07, 6.45) is -0.770. The maximum absolute atomic E-state index is 11.3. The molecule has 0 bridgehead atoms. The quantitative estimate of drug-likeness (QED) is 0.553. The highest BCUT2D eigenvalue weighted by atomic mass is 16.4. The molecule has 0 amide bonds. The van der Waals surface area contributed by atoms with E-state index in [-0.39, 0.29) is 12.2 Å². The Morgan fingerprint density at radius 3 is 2.21 bits per heavy atom. The van der Waals surface area contributed by atoms with Gasteiger partial charge in [-0.3, -0.25) is 9.59 Å². The summed E-state index contributed by atoms with van der Waals surface area (Å²) in [5, 5.41) is 17.8. The lowest BCUT2D eigenvalue weighted by Crippen LogP contribution is -2.35. The molecule has 82 valence electrons. The summed E-state index contributed by atoms with van der Waals surface area (Å²) in [7, 11) is 0. The highest BCUT2D eigenvalue weighted by molar-refractivity contribution is 5.87. The molecule has 0 heterocycles. The molecular weight excluding hydrogens is 186 g/mol. The first-order valence-electron chi connectivity index (χ1n) is 4.59. The molecule has 5 nitrogen and oxygen atoms in total. The van der Waals surface area contributed by atoms with E-state index in [0.717, 1.165) is 0 Å². The molecule has 0 aromatic carbocycles. The van der Waals surface area contributed by atoms with Crippen molar-refractivity contribution < 1.29 is 19.8 Å². The Bertz CT molecular complexity index is 215. The lowest BCUT2D eigenvalue weighted by atomic mass is 9.94. The fourth-order valence-electron chi connectivity index (χ4n) is 1.06. The molecule has 0 aliphatic carbocycles. The van der Waals surface area contributed by atoms with Gasteiger partial charge in [-0.2, -0.15) is 0 Å². The first kappa shape index (κ1) is 13.1. The topological polar surface area (TPSA) is 101 Å². The number of aliphatic hydroxyl groups excluding tert-OH is 1. The molecule has 4 N–H and O–H groups in total. The molecule has 0 saturated heterocycles. The zero-order chi connectivity index (χ0) is 11.3. The Kier molecular flexibility index (Phi) is 5.34. The van der Waals surface area contributed by atoms with E-state index in [0.29, 0.717) is 6.42 Å². The van der Waals surface area contributed by atoms with Crippen LogP contribution in [0.1, 0.15) is 26.7 Å². The molecule has 0 rings (SSSR count). The molecule has 0 radical (unpaired) electrons. The summed E-state index contributed by atoms with van der Waals surface area (Å²) in [4.78, 5) is 21.9. The second-order valence-corrected chi connectivity index (χ2v) is 3.37. The van der Waals surface area contributed by atoms with Crippen molar-refractivity contribution in [1.82, 2.24) is 0 Å². The summed E-state index contributed by atoms with van der Waals surface area (Å²) < 4.78 is 0. The minimum atomic E-state index is -1.17. The number of carbonyl (C=O) groups is 2. The van der Waals surface area contributed by atoms with E-state index in [4.69, 9.17) is 15.9 Å². The van der Waals surface area contributed by atoms with E-state index in [1.54, 1.807) is 6.92 Å². The Morgan fingerprint density at radius 2 is 1.93 bits per heavy atom. The van der Waals surface area contributed by atoms with Crippen LogP contribution < -0.4 is 5.73 Å². The third-order valence-corrected chi connectivity index (χ3v) is 2.17. The van der Waals surface area contributed by atoms with Gasteiger partial charge in [0.15, 0.2) is 0 Å². The smallest absolute Gasteiger partial charge is 0.309 e. The molecule has 0 spiro atoms. The number of Topliss-reactive ketones (excluding diaryl/α,β-unsaturated/α-hetero) is 1. The predicted octanol–water partition coefficient (Wildman–Crippen LogP) is -0.236. The van der Waals surface area contributed by atoms with Gasteiger partial charge in [-0.15, -0.1) is 0 Å². The molecule has 14 heavy (non-hydrogen) atoms. The van der Waals surface area contributed by atoms with Crippen molar-refractivity contribution >= 4 is 11.8 Å². The van der Waals surface area contributed by atoms with Crippen molar-refractivity contribution in [3.63, 3.8) is 0 Å². The summed E-state index contributed by atoms with van der Waals surface area (Å²) in [5.41, 5.74) is 5.44. The normalized spacial score (nSPS) is 17.1. The molecule has 3 unspecified atom stereocenters. The van der Waals surface area contributed by atoms with Gasteiger partial charge in [0, 0.05) is 6.42 Å². The van der Waals surface area contributed by atoms with Crippen LogP contribution in [-0.2, 0) is 9.59 Å². The Balaban J connectivity index is 4.31. The molecule has 5 heteroatoms. The average molecular weight is 203 g/mol. The lowest BCUT2D eigenvalue weighted by Gasteiger charge is -2.16. The molecule has 0 aromatic heterocycles. The number of aliphatic hydroxyl groups is 1. The van der Waals surface area contributed by atoms with Crippen molar-refractivity contribution in [1.29, 1.82) is 0 Å². The van der Waals surface area contributed by atoms with Crippen molar-refractivity contribution in [2.75, 3.05) is 0 Å². The highest BCUT2D eigenvalue weighted by Crippen LogP contribution is 2.11. The molecule has 0 aromatic rings. The first-order valence-corrected chi connectivity index (χ1v) is 4.59. The average Bonchev–Trinajstić information content (AvgIpc) is 2.11. The number of carbonyl (C=O) groups excluding carboxylic acids is 1. The van der Waals surface area contributed by atoms with Gasteiger partial charge in [-0.25, -0.2) is 0 Å². The molecule has 0 aliphatic heterocycles. The Labute approximate surface area is 82.9 Å². The number of ketones is 1. The van der Waals surface area contributed by atoms with Crippen LogP contribution in [0.5, 0.6) is 0 Å². The van der Waals surface area contributed by atoms with Crippen molar-refractivity contribution in [2.24, 2.45) is 11.7 Å². The third kappa shape index (κ3) is 3.85. The van der Waals surface area contributed by atoms with Gasteiger partial charge >= 0.3 is 5.97 Å².